The number of aryl methyl sites for hydroxylation is 1. The van der Waals surface area contributed by atoms with Crippen LogP contribution >= 0.6 is 0 Å². The summed E-state index contributed by atoms with van der Waals surface area (Å²) in [4.78, 5) is 31.0. The number of primary amides is 1. The molecule has 0 spiro atoms. The van der Waals surface area contributed by atoms with E-state index in [-0.39, 0.29) is 23.8 Å². The van der Waals surface area contributed by atoms with Gasteiger partial charge in [-0.2, -0.15) is 0 Å². The highest BCUT2D eigenvalue weighted by molar-refractivity contribution is 5.98. The molecule has 2 amide bonds. The van der Waals surface area contributed by atoms with Crippen molar-refractivity contribution in [2.75, 3.05) is 23.8 Å². The van der Waals surface area contributed by atoms with Gasteiger partial charge in [0.2, 0.25) is 0 Å². The summed E-state index contributed by atoms with van der Waals surface area (Å²) in [6.07, 6.45) is 0.775. The molecule has 29 heavy (non-hydrogen) atoms. The minimum Gasteiger partial charge on any atom is -0.465 e. The number of hydrogen-bond donors (Lipinski definition) is 5. The fourth-order valence-corrected chi connectivity index (χ4v) is 2.94. The highest BCUT2D eigenvalue weighted by atomic mass is 19.1. The molecule has 2 atom stereocenters. The Morgan fingerprint density at radius 3 is 2.76 bits per heavy atom. The van der Waals surface area contributed by atoms with Gasteiger partial charge in [0.05, 0.1) is 36.1 Å². The molecular formula is C18H21FN6O4. The molecule has 2 aromatic rings. The van der Waals surface area contributed by atoms with Gasteiger partial charge in [0.25, 0.3) is 5.91 Å². The molecule has 1 aliphatic rings. The van der Waals surface area contributed by atoms with Gasteiger partial charge in [0, 0.05) is 12.3 Å². The molecule has 6 N–H and O–H groups in total. The van der Waals surface area contributed by atoms with Crippen molar-refractivity contribution in [1.29, 1.82) is 0 Å². The van der Waals surface area contributed by atoms with Crippen LogP contribution in [0, 0.1) is 12.7 Å². The highest BCUT2D eigenvalue weighted by Gasteiger charge is 2.29. The average Bonchev–Trinajstić information content (AvgIpc) is 2.67. The van der Waals surface area contributed by atoms with E-state index in [2.05, 4.69) is 25.9 Å². The number of rotatable bonds is 6. The van der Waals surface area contributed by atoms with Crippen LogP contribution in [-0.4, -0.2) is 52.4 Å². The van der Waals surface area contributed by atoms with Gasteiger partial charge < -0.3 is 31.5 Å². The molecule has 0 aliphatic carbocycles. The highest BCUT2D eigenvalue weighted by Crippen LogP contribution is 2.25. The number of carbonyl (C=O) groups excluding carboxylic acids is 1. The lowest BCUT2D eigenvalue weighted by Gasteiger charge is -2.32. The third kappa shape index (κ3) is 5.08. The van der Waals surface area contributed by atoms with E-state index < -0.39 is 29.9 Å². The minimum absolute atomic E-state index is 0.0573. The van der Waals surface area contributed by atoms with Gasteiger partial charge in [-0.3, -0.25) is 9.78 Å². The summed E-state index contributed by atoms with van der Waals surface area (Å²) in [5.41, 5.74) is 6.58. The van der Waals surface area contributed by atoms with Crippen molar-refractivity contribution in [3.63, 3.8) is 0 Å². The van der Waals surface area contributed by atoms with Crippen LogP contribution in [0.15, 0.2) is 24.4 Å². The lowest BCUT2D eigenvalue weighted by Crippen LogP contribution is -2.52. The lowest BCUT2D eigenvalue weighted by atomic mass is 10.0. The third-order valence-corrected chi connectivity index (χ3v) is 4.40. The maximum Gasteiger partial charge on any atom is 0.405 e. The van der Waals surface area contributed by atoms with Gasteiger partial charge in [0.1, 0.15) is 5.82 Å². The molecule has 0 unspecified atom stereocenters. The van der Waals surface area contributed by atoms with Crippen molar-refractivity contribution < 1.29 is 23.8 Å². The molecule has 1 saturated heterocycles. The number of pyridine rings is 2. The van der Waals surface area contributed by atoms with Gasteiger partial charge in [0.15, 0.2) is 11.6 Å². The second kappa shape index (κ2) is 8.69. The molecule has 1 aliphatic heterocycles. The summed E-state index contributed by atoms with van der Waals surface area (Å²) in [5.74, 6) is -1.71. The van der Waals surface area contributed by atoms with Crippen molar-refractivity contribution in [3.8, 4) is 0 Å². The van der Waals surface area contributed by atoms with Crippen LogP contribution in [0.25, 0.3) is 0 Å². The van der Waals surface area contributed by atoms with Gasteiger partial charge in [-0.25, -0.2) is 14.2 Å². The van der Waals surface area contributed by atoms with E-state index in [0.717, 1.165) is 11.8 Å². The first-order valence-electron chi connectivity index (χ1n) is 8.87. The number of aromatic nitrogens is 2. The van der Waals surface area contributed by atoms with Gasteiger partial charge in [-0.05, 0) is 31.5 Å². The van der Waals surface area contributed by atoms with E-state index in [1.54, 1.807) is 18.3 Å². The van der Waals surface area contributed by atoms with Crippen LogP contribution in [-0.2, 0) is 4.74 Å². The summed E-state index contributed by atoms with van der Waals surface area (Å²) >= 11 is 0. The number of hydrogen-bond acceptors (Lipinski definition) is 7. The monoisotopic (exact) mass is 404 g/mol. The molecular weight excluding hydrogens is 383 g/mol. The maximum absolute atomic E-state index is 14.6. The Kier molecular flexibility index (Phi) is 6.07. The Hall–Kier alpha value is -3.47. The van der Waals surface area contributed by atoms with Crippen molar-refractivity contribution in [3.05, 3.63) is 41.5 Å². The van der Waals surface area contributed by atoms with Gasteiger partial charge in [-0.1, -0.05) is 0 Å². The number of ether oxygens (including phenoxy) is 1. The standard InChI is InChI=1S/C18H21FN6O4/c1-9-2-3-10(7-21-9)22-16-11(15(20)26)6-12(19)17(25-16)23-13-4-5-29-8-14(13)24-18(27)28/h2-3,6-7,13-14,24H,4-5,8H2,1H3,(H2,20,26)(H,27,28)(H2,22,23,25)/t13-,14+/m1/s1. The van der Waals surface area contributed by atoms with Gasteiger partial charge in [-0.15, -0.1) is 0 Å². The van der Waals surface area contributed by atoms with Crippen LogP contribution < -0.4 is 21.7 Å². The minimum atomic E-state index is -1.21. The summed E-state index contributed by atoms with van der Waals surface area (Å²) in [7, 11) is 0. The first-order chi connectivity index (χ1) is 13.8. The summed E-state index contributed by atoms with van der Waals surface area (Å²) < 4.78 is 19.9. The summed E-state index contributed by atoms with van der Waals surface area (Å²) in [5, 5.41) is 17.1. The molecule has 154 valence electrons. The fraction of sp³-hybridized carbons (Fsp3) is 0.333. The average molecular weight is 404 g/mol. The van der Waals surface area contributed by atoms with E-state index in [4.69, 9.17) is 15.6 Å². The number of anilines is 3. The van der Waals surface area contributed by atoms with E-state index in [0.29, 0.717) is 18.7 Å². The lowest BCUT2D eigenvalue weighted by molar-refractivity contribution is 0.0625. The normalized spacial score (nSPS) is 18.7. The zero-order valence-electron chi connectivity index (χ0n) is 15.6. The predicted octanol–water partition coefficient (Wildman–Crippen LogP) is 1.60. The topological polar surface area (TPSA) is 151 Å². The maximum atomic E-state index is 14.6. The Morgan fingerprint density at radius 1 is 1.31 bits per heavy atom. The number of carboxylic acid groups (broad SMARTS) is 1. The molecule has 0 saturated carbocycles. The largest absolute Gasteiger partial charge is 0.465 e. The van der Waals surface area contributed by atoms with Crippen LogP contribution in [0.3, 0.4) is 0 Å². The number of amides is 2. The molecule has 0 radical (unpaired) electrons. The van der Waals surface area contributed by atoms with Gasteiger partial charge >= 0.3 is 6.09 Å². The van der Waals surface area contributed by atoms with E-state index in [9.17, 15) is 14.0 Å². The zero-order valence-corrected chi connectivity index (χ0v) is 15.6. The van der Waals surface area contributed by atoms with Crippen molar-refractivity contribution in [2.45, 2.75) is 25.4 Å². The number of carbonyl (C=O) groups is 2. The van der Waals surface area contributed by atoms with E-state index in [1.807, 2.05) is 6.92 Å². The molecule has 11 heteroatoms. The Labute approximate surface area is 165 Å². The Balaban J connectivity index is 1.89. The second-order valence-electron chi connectivity index (χ2n) is 6.56. The van der Waals surface area contributed by atoms with Crippen LogP contribution in [0.2, 0.25) is 0 Å². The SMILES string of the molecule is Cc1ccc(Nc2nc(N[C@@H]3CCOC[C@@H]3NC(=O)O)c(F)cc2C(N)=O)cn1. The smallest absolute Gasteiger partial charge is 0.405 e. The quantitative estimate of drug-likeness (QED) is 0.487. The first-order valence-corrected chi connectivity index (χ1v) is 8.87. The molecule has 0 bridgehead atoms. The summed E-state index contributed by atoms with van der Waals surface area (Å²) in [6.45, 7) is 2.36. The van der Waals surface area contributed by atoms with Crippen molar-refractivity contribution in [2.24, 2.45) is 5.73 Å². The van der Waals surface area contributed by atoms with E-state index >= 15 is 0 Å². The number of nitrogens with one attached hydrogen (secondary N) is 3. The second-order valence-corrected chi connectivity index (χ2v) is 6.56. The molecule has 0 aromatic carbocycles. The van der Waals surface area contributed by atoms with E-state index in [1.165, 1.54) is 0 Å². The Morgan fingerprint density at radius 2 is 2.10 bits per heavy atom. The van der Waals surface area contributed by atoms with Crippen LogP contribution in [0.4, 0.5) is 26.5 Å². The molecule has 3 rings (SSSR count). The van der Waals surface area contributed by atoms with Crippen molar-refractivity contribution in [1.82, 2.24) is 15.3 Å². The zero-order chi connectivity index (χ0) is 21.0. The van der Waals surface area contributed by atoms with Crippen LogP contribution in [0.1, 0.15) is 22.5 Å². The molecule has 10 nitrogen and oxygen atoms in total. The molecule has 1 fully saturated rings. The molecule has 2 aromatic heterocycles. The van der Waals surface area contributed by atoms with Crippen molar-refractivity contribution >= 4 is 29.3 Å². The summed E-state index contributed by atoms with van der Waals surface area (Å²) in [6, 6.07) is 3.45. The fourth-order valence-electron chi connectivity index (χ4n) is 2.94. The van der Waals surface area contributed by atoms with Crippen LogP contribution in [0.5, 0.6) is 0 Å². The Bertz CT molecular complexity index is 908. The number of nitrogens with two attached hydrogens (primary N) is 1. The first kappa shape index (κ1) is 20.3. The predicted molar refractivity (Wildman–Crippen MR) is 103 cm³/mol. The molecule has 3 heterocycles. The number of nitrogens with zero attached hydrogens (tertiary/aromatic N) is 2. The third-order valence-electron chi connectivity index (χ3n) is 4.40. The number of halogens is 1.